The normalized spacial score (nSPS) is 10.0. The van der Waals surface area contributed by atoms with E-state index in [4.69, 9.17) is 4.74 Å². The minimum atomic E-state index is 0.584. The molecule has 2 rings (SSSR count). The Labute approximate surface area is 110 Å². The van der Waals surface area contributed by atoms with Crippen molar-refractivity contribution in [2.24, 2.45) is 0 Å². The molecule has 3 nitrogen and oxygen atoms in total. The van der Waals surface area contributed by atoms with E-state index in [1.165, 1.54) is 6.33 Å². The molecule has 0 aliphatic carbocycles. The summed E-state index contributed by atoms with van der Waals surface area (Å²) in [5.74, 6) is 1.36. The molecule has 0 fully saturated rings. The van der Waals surface area contributed by atoms with Crippen LogP contribution in [0.5, 0.6) is 11.6 Å². The van der Waals surface area contributed by atoms with Crippen LogP contribution in [-0.4, -0.2) is 26.8 Å². The quantitative estimate of drug-likeness (QED) is 0.457. The third-order valence-electron chi connectivity index (χ3n) is 1.70. The van der Waals surface area contributed by atoms with Crippen molar-refractivity contribution in [3.05, 3.63) is 40.4 Å². The number of rotatable bonds is 2. The number of aromatic nitrogens is 2. The number of hydrogen-bond acceptors (Lipinski definition) is 3. The van der Waals surface area contributed by atoms with Crippen LogP contribution in [0.2, 0.25) is 0 Å². The van der Waals surface area contributed by atoms with Crippen molar-refractivity contribution in [3.63, 3.8) is 0 Å². The topological polar surface area (TPSA) is 35.0 Å². The molecule has 1 aromatic carbocycles. The number of halogens is 1. The van der Waals surface area contributed by atoms with Gasteiger partial charge in [-0.15, -0.1) is 0 Å². The average molecular weight is 372 g/mol. The van der Waals surface area contributed by atoms with Crippen molar-refractivity contribution >= 4 is 43.8 Å². The maximum absolute atomic E-state index is 5.62. The standard InChI is InChI=1S/C10H6AsIN2O/c11-8-9(12)13-6-14-10(8)15-7-4-2-1-3-5-7/h1-6H. The summed E-state index contributed by atoms with van der Waals surface area (Å²) in [4.78, 5) is 8.14. The van der Waals surface area contributed by atoms with E-state index in [0.717, 1.165) is 13.8 Å². The summed E-state index contributed by atoms with van der Waals surface area (Å²) < 4.78 is 7.40. The zero-order chi connectivity index (χ0) is 10.7. The Kier molecular flexibility index (Phi) is 3.59. The first-order valence-corrected chi connectivity index (χ1v) is 6.21. The fourth-order valence-corrected chi connectivity index (χ4v) is 1.71. The molecule has 0 saturated carbocycles. The van der Waals surface area contributed by atoms with Crippen LogP contribution in [0.1, 0.15) is 0 Å². The SMILES string of the molecule is [As]c1c(I)ncnc1Oc1ccccc1. The van der Waals surface area contributed by atoms with Gasteiger partial charge in [-0.2, -0.15) is 0 Å². The fourth-order valence-electron chi connectivity index (χ4n) is 1.02. The molecule has 1 heterocycles. The van der Waals surface area contributed by atoms with Gasteiger partial charge in [-0.25, -0.2) is 0 Å². The summed E-state index contributed by atoms with van der Waals surface area (Å²) in [5, 5.41) is 0. The predicted molar refractivity (Wildman–Crippen MR) is 66.7 cm³/mol. The van der Waals surface area contributed by atoms with Gasteiger partial charge in [0.05, 0.1) is 0 Å². The van der Waals surface area contributed by atoms with Crippen LogP contribution < -0.4 is 9.09 Å². The van der Waals surface area contributed by atoms with Crippen molar-refractivity contribution in [2.45, 2.75) is 0 Å². The molecule has 0 amide bonds. The Balaban J connectivity index is 2.29. The number of hydrogen-bond donors (Lipinski definition) is 0. The van der Waals surface area contributed by atoms with Gasteiger partial charge in [-0.3, -0.25) is 0 Å². The van der Waals surface area contributed by atoms with Gasteiger partial charge in [0.2, 0.25) is 0 Å². The van der Waals surface area contributed by atoms with Crippen molar-refractivity contribution in [1.82, 2.24) is 9.97 Å². The Hall–Kier alpha value is -0.612. The summed E-state index contributed by atoms with van der Waals surface area (Å²) in [5.41, 5.74) is 0. The van der Waals surface area contributed by atoms with Crippen molar-refractivity contribution in [1.29, 1.82) is 0 Å². The molecule has 1 aromatic heterocycles. The van der Waals surface area contributed by atoms with Gasteiger partial charge < -0.3 is 0 Å². The number of nitrogens with zero attached hydrogens (tertiary/aromatic N) is 2. The molecule has 0 aliphatic rings. The van der Waals surface area contributed by atoms with E-state index < -0.39 is 0 Å². The van der Waals surface area contributed by atoms with E-state index in [9.17, 15) is 0 Å². The second-order valence-electron chi connectivity index (χ2n) is 2.73. The molecular formula is C10H6AsIN2O. The van der Waals surface area contributed by atoms with Crippen LogP contribution >= 0.6 is 22.6 Å². The second-order valence-corrected chi connectivity index (χ2v) is 4.69. The molecule has 2 aromatic rings. The van der Waals surface area contributed by atoms with Gasteiger partial charge in [0.1, 0.15) is 0 Å². The van der Waals surface area contributed by atoms with Crippen molar-refractivity contribution in [2.75, 3.05) is 0 Å². The van der Waals surface area contributed by atoms with E-state index >= 15 is 0 Å². The second kappa shape index (κ2) is 4.94. The van der Waals surface area contributed by atoms with Gasteiger partial charge >= 0.3 is 110 Å². The molecular weight excluding hydrogens is 366 g/mol. The van der Waals surface area contributed by atoms with Crippen LogP contribution in [0.4, 0.5) is 0 Å². The maximum atomic E-state index is 5.62. The molecule has 15 heavy (non-hydrogen) atoms. The summed E-state index contributed by atoms with van der Waals surface area (Å²) in [7, 11) is 0. The molecule has 74 valence electrons. The van der Waals surface area contributed by atoms with E-state index in [0.29, 0.717) is 5.88 Å². The van der Waals surface area contributed by atoms with Crippen LogP contribution in [0.3, 0.4) is 0 Å². The van der Waals surface area contributed by atoms with Crippen LogP contribution in [0.25, 0.3) is 0 Å². The zero-order valence-corrected chi connectivity index (χ0v) is 11.6. The number of para-hydroxylation sites is 1. The van der Waals surface area contributed by atoms with Gasteiger partial charge in [-0.05, 0) is 0 Å². The number of benzene rings is 1. The minimum absolute atomic E-state index is 0.584. The monoisotopic (exact) mass is 372 g/mol. The van der Waals surface area contributed by atoms with Crippen LogP contribution in [-0.2, 0) is 0 Å². The first-order chi connectivity index (χ1) is 7.27. The molecule has 0 aliphatic heterocycles. The van der Waals surface area contributed by atoms with Gasteiger partial charge in [0, 0.05) is 0 Å². The first kappa shape index (κ1) is 10.9. The Morgan fingerprint density at radius 2 is 1.87 bits per heavy atom. The van der Waals surface area contributed by atoms with E-state index in [-0.39, 0.29) is 0 Å². The third-order valence-corrected chi connectivity index (χ3v) is 4.29. The number of ether oxygens (including phenoxy) is 1. The van der Waals surface area contributed by atoms with Crippen molar-refractivity contribution in [3.8, 4) is 11.6 Å². The van der Waals surface area contributed by atoms with Gasteiger partial charge in [0.25, 0.3) is 0 Å². The Bertz CT molecular complexity index is 464. The van der Waals surface area contributed by atoms with Crippen LogP contribution in [0, 0.1) is 3.70 Å². The van der Waals surface area contributed by atoms with Gasteiger partial charge in [0.15, 0.2) is 0 Å². The predicted octanol–water partition coefficient (Wildman–Crippen LogP) is 1.67. The molecule has 2 radical (unpaired) electrons. The molecule has 0 bridgehead atoms. The summed E-state index contributed by atoms with van der Waals surface area (Å²) in [6.07, 6.45) is 1.50. The third kappa shape index (κ3) is 2.69. The molecule has 0 spiro atoms. The molecule has 5 heteroatoms. The zero-order valence-electron chi connectivity index (χ0n) is 7.59. The van der Waals surface area contributed by atoms with Crippen molar-refractivity contribution < 1.29 is 4.74 Å². The van der Waals surface area contributed by atoms with Gasteiger partial charge in [-0.1, -0.05) is 0 Å². The van der Waals surface area contributed by atoms with E-state index in [1.807, 2.05) is 30.3 Å². The Morgan fingerprint density at radius 3 is 2.60 bits per heavy atom. The van der Waals surface area contributed by atoms with Crippen LogP contribution in [0.15, 0.2) is 36.7 Å². The average Bonchev–Trinajstić information content (AvgIpc) is 2.26. The molecule has 0 saturated heterocycles. The summed E-state index contributed by atoms with van der Waals surface area (Å²) in [6.45, 7) is 0. The molecule has 0 unspecified atom stereocenters. The molecule has 0 N–H and O–H groups in total. The summed E-state index contributed by atoms with van der Waals surface area (Å²) >= 11 is 4.57. The van der Waals surface area contributed by atoms with E-state index in [2.05, 4.69) is 49.4 Å². The van der Waals surface area contributed by atoms with E-state index in [1.54, 1.807) is 0 Å². The Morgan fingerprint density at radius 1 is 1.13 bits per heavy atom. The first-order valence-electron chi connectivity index (χ1n) is 4.20. The summed E-state index contributed by atoms with van der Waals surface area (Å²) in [6, 6.07) is 9.57. The molecule has 0 atom stereocenters. The fraction of sp³-hybridized carbons (Fsp3) is 0.